The van der Waals surface area contributed by atoms with Gasteiger partial charge in [0.15, 0.2) is 11.5 Å². The molecule has 5 rings (SSSR count). The van der Waals surface area contributed by atoms with Crippen LogP contribution in [0.3, 0.4) is 0 Å². The molecule has 0 amide bonds. The van der Waals surface area contributed by atoms with Crippen LogP contribution in [-0.4, -0.2) is 81.7 Å². The summed E-state index contributed by atoms with van der Waals surface area (Å²) >= 11 is 0. The van der Waals surface area contributed by atoms with Crippen molar-refractivity contribution in [1.82, 2.24) is 19.8 Å². The first-order valence-corrected chi connectivity index (χ1v) is 15.0. The van der Waals surface area contributed by atoms with Crippen molar-refractivity contribution >= 4 is 20.9 Å². The molecule has 0 spiro atoms. The second-order valence-electron chi connectivity index (χ2n) is 10.1. The Labute approximate surface area is 235 Å². The molecule has 4 aromatic rings. The van der Waals surface area contributed by atoms with E-state index in [9.17, 15) is 8.42 Å². The van der Waals surface area contributed by atoms with Gasteiger partial charge in [0.25, 0.3) is 0 Å². The lowest BCUT2D eigenvalue weighted by Gasteiger charge is -2.32. The van der Waals surface area contributed by atoms with Crippen molar-refractivity contribution in [2.75, 3.05) is 53.5 Å². The van der Waals surface area contributed by atoms with Gasteiger partial charge in [-0.2, -0.15) is 0 Å². The molecule has 10 heteroatoms. The molecule has 1 unspecified atom stereocenters. The molecule has 0 aliphatic carbocycles. The summed E-state index contributed by atoms with van der Waals surface area (Å²) in [4.78, 5) is 13.8. The Morgan fingerprint density at radius 2 is 1.62 bits per heavy atom. The van der Waals surface area contributed by atoms with Gasteiger partial charge in [0, 0.05) is 49.7 Å². The van der Waals surface area contributed by atoms with Gasteiger partial charge in [-0.1, -0.05) is 54.6 Å². The van der Waals surface area contributed by atoms with Crippen molar-refractivity contribution in [3.8, 4) is 22.8 Å². The molecule has 1 atom stereocenters. The largest absolute Gasteiger partial charge is 0.493 e. The van der Waals surface area contributed by atoms with E-state index in [0.717, 1.165) is 55.6 Å². The molecule has 0 radical (unpaired) electrons. The zero-order valence-corrected chi connectivity index (χ0v) is 23.7. The lowest BCUT2D eigenvalue weighted by atomic mass is 10.0. The summed E-state index contributed by atoms with van der Waals surface area (Å²) in [5, 5.41) is 5.47. The number of likely N-dealkylation sites (N-methyl/N-ethyl adjacent to an activating group) is 1. The van der Waals surface area contributed by atoms with Crippen LogP contribution in [0.25, 0.3) is 22.2 Å². The van der Waals surface area contributed by atoms with Crippen molar-refractivity contribution in [3.63, 3.8) is 0 Å². The molecule has 2 N–H and O–H groups in total. The number of fused-ring (bicyclic) bond motifs is 1. The maximum atomic E-state index is 12.5. The van der Waals surface area contributed by atoms with Crippen molar-refractivity contribution in [1.29, 1.82) is 0 Å². The van der Waals surface area contributed by atoms with Gasteiger partial charge < -0.3 is 19.3 Å². The van der Waals surface area contributed by atoms with E-state index in [1.54, 1.807) is 43.5 Å². The topological polar surface area (TPSA) is 111 Å². The van der Waals surface area contributed by atoms with Crippen molar-refractivity contribution in [2.24, 2.45) is 5.14 Å². The van der Waals surface area contributed by atoms with E-state index in [1.165, 1.54) is 6.33 Å². The highest BCUT2D eigenvalue weighted by Crippen LogP contribution is 2.36. The number of nitrogens with two attached hydrogens (primary N) is 1. The fraction of sp³-hybridized carbons (Fsp3) is 0.333. The third kappa shape index (κ3) is 6.42. The van der Waals surface area contributed by atoms with E-state index >= 15 is 0 Å². The van der Waals surface area contributed by atoms with Crippen LogP contribution >= 0.6 is 0 Å². The highest BCUT2D eigenvalue weighted by Gasteiger charge is 2.25. The molecule has 3 aromatic carbocycles. The Morgan fingerprint density at radius 3 is 2.30 bits per heavy atom. The number of primary sulfonamides is 1. The third-order valence-corrected chi connectivity index (χ3v) is 8.51. The van der Waals surface area contributed by atoms with Gasteiger partial charge >= 0.3 is 0 Å². The molecule has 0 saturated carbocycles. The van der Waals surface area contributed by atoms with Crippen molar-refractivity contribution < 1.29 is 17.9 Å². The Balaban J connectivity index is 1.36. The van der Waals surface area contributed by atoms with Gasteiger partial charge in [0.2, 0.25) is 10.0 Å². The third-order valence-electron chi connectivity index (χ3n) is 7.31. The summed E-state index contributed by atoms with van der Waals surface area (Å²) in [6.07, 6.45) is 2.45. The monoisotopic (exact) mass is 561 g/mol. The van der Waals surface area contributed by atoms with Crippen molar-refractivity contribution in [3.05, 3.63) is 84.2 Å². The average molecular weight is 562 g/mol. The number of rotatable bonds is 10. The smallest absolute Gasteiger partial charge is 0.220 e. The second-order valence-corrected chi connectivity index (χ2v) is 11.7. The zero-order chi connectivity index (χ0) is 28.1. The Kier molecular flexibility index (Phi) is 8.60. The van der Waals surface area contributed by atoms with Gasteiger partial charge in [-0.15, -0.1) is 0 Å². The molecule has 1 aliphatic rings. The molecule has 1 fully saturated rings. The van der Waals surface area contributed by atoms with Crippen LogP contribution in [-0.2, 0) is 10.0 Å². The van der Waals surface area contributed by atoms with Gasteiger partial charge in [0.05, 0.1) is 24.9 Å². The number of benzene rings is 3. The standard InChI is InChI=1S/C30H35N5O4S/c1-34-14-16-35(17-15-34)13-6-18-39-28-20-26-25(19-27(28)38-2)29(33-21-32-26)22-9-11-24(12-10-22)30(40(31,36)37)23-7-4-3-5-8-23/h3-5,7-12,19-21,30H,6,13-18H2,1-2H3,(H2,31,36,37). The van der Waals surface area contributed by atoms with E-state index in [4.69, 9.17) is 14.6 Å². The van der Waals surface area contributed by atoms with Gasteiger partial charge in [0.1, 0.15) is 11.6 Å². The second kappa shape index (κ2) is 12.3. The summed E-state index contributed by atoms with van der Waals surface area (Å²) in [7, 11) is -0.0986. The Morgan fingerprint density at radius 1 is 0.925 bits per heavy atom. The Bertz CT molecular complexity index is 1540. The molecule has 210 valence electrons. The van der Waals surface area contributed by atoms with E-state index < -0.39 is 15.3 Å². The predicted molar refractivity (Wildman–Crippen MR) is 157 cm³/mol. The molecule has 0 bridgehead atoms. The molecule has 1 saturated heterocycles. The summed E-state index contributed by atoms with van der Waals surface area (Å²) in [5.74, 6) is 1.25. The van der Waals surface area contributed by atoms with E-state index in [-0.39, 0.29) is 0 Å². The highest BCUT2D eigenvalue weighted by atomic mass is 32.2. The van der Waals surface area contributed by atoms with E-state index in [0.29, 0.717) is 34.9 Å². The van der Waals surface area contributed by atoms with Gasteiger partial charge in [-0.25, -0.2) is 23.5 Å². The summed E-state index contributed by atoms with van der Waals surface area (Å²) in [5.41, 5.74) is 3.46. The zero-order valence-electron chi connectivity index (χ0n) is 22.9. The molecule has 40 heavy (non-hydrogen) atoms. The van der Waals surface area contributed by atoms with Crippen LogP contribution in [0.4, 0.5) is 0 Å². The summed E-state index contributed by atoms with van der Waals surface area (Å²) in [6, 6.07) is 20.0. The summed E-state index contributed by atoms with van der Waals surface area (Å²) < 4.78 is 36.7. The average Bonchev–Trinajstić information content (AvgIpc) is 2.96. The maximum absolute atomic E-state index is 12.5. The van der Waals surface area contributed by atoms with Crippen LogP contribution < -0.4 is 14.6 Å². The quantitative estimate of drug-likeness (QED) is 0.292. The lowest BCUT2D eigenvalue weighted by Crippen LogP contribution is -2.44. The number of nitrogens with zero attached hydrogens (tertiary/aromatic N) is 4. The molecular weight excluding hydrogens is 526 g/mol. The normalized spacial score (nSPS) is 15.7. The number of hydrogen-bond acceptors (Lipinski definition) is 8. The first-order valence-electron chi connectivity index (χ1n) is 13.4. The maximum Gasteiger partial charge on any atom is 0.220 e. The predicted octanol–water partition coefficient (Wildman–Crippen LogP) is 3.70. The van der Waals surface area contributed by atoms with Crippen LogP contribution in [0.2, 0.25) is 0 Å². The number of sulfonamides is 1. The van der Waals surface area contributed by atoms with Crippen LogP contribution in [0, 0.1) is 0 Å². The number of piperazine rings is 1. The van der Waals surface area contributed by atoms with Gasteiger partial charge in [-0.3, -0.25) is 0 Å². The highest BCUT2D eigenvalue weighted by molar-refractivity contribution is 7.89. The number of hydrogen-bond donors (Lipinski definition) is 1. The number of ether oxygens (including phenoxy) is 2. The molecule has 1 aromatic heterocycles. The van der Waals surface area contributed by atoms with Crippen LogP contribution in [0.1, 0.15) is 22.8 Å². The molecule has 2 heterocycles. The number of methoxy groups -OCH3 is 1. The fourth-order valence-electron chi connectivity index (χ4n) is 5.12. The Hall–Kier alpha value is -3.57. The van der Waals surface area contributed by atoms with E-state index in [2.05, 4.69) is 26.8 Å². The minimum atomic E-state index is -3.88. The minimum absolute atomic E-state index is 0.584. The van der Waals surface area contributed by atoms with Gasteiger partial charge in [-0.05, 0) is 30.7 Å². The van der Waals surface area contributed by atoms with Crippen LogP contribution in [0.5, 0.6) is 11.5 Å². The summed E-state index contributed by atoms with van der Waals surface area (Å²) in [6.45, 7) is 5.97. The molecule has 9 nitrogen and oxygen atoms in total. The van der Waals surface area contributed by atoms with Crippen molar-refractivity contribution in [2.45, 2.75) is 11.7 Å². The fourth-order valence-corrected chi connectivity index (χ4v) is 6.20. The first kappa shape index (κ1) is 28.0. The minimum Gasteiger partial charge on any atom is -0.493 e. The molecular formula is C30H35N5O4S. The van der Waals surface area contributed by atoms with Crippen LogP contribution in [0.15, 0.2) is 73.1 Å². The van der Waals surface area contributed by atoms with E-state index in [1.807, 2.05) is 30.3 Å². The number of aromatic nitrogens is 2. The first-order chi connectivity index (χ1) is 19.3. The lowest BCUT2D eigenvalue weighted by molar-refractivity contribution is 0.145. The molecule has 1 aliphatic heterocycles. The SMILES string of the molecule is COc1cc2c(-c3ccc(C(c4ccccc4)S(N)(=O)=O)cc3)ncnc2cc1OCCCN1CCN(C)CC1.